The van der Waals surface area contributed by atoms with Crippen molar-refractivity contribution >= 4 is 23.9 Å². The Kier molecular flexibility index (Phi) is 13.6. The molecule has 0 amide bonds. The van der Waals surface area contributed by atoms with Gasteiger partial charge in [0, 0.05) is 36.0 Å². The van der Waals surface area contributed by atoms with Crippen molar-refractivity contribution in [1.29, 1.82) is 0 Å². The third-order valence-electron chi connectivity index (χ3n) is 3.68. The second-order valence-corrected chi connectivity index (χ2v) is 6.55. The van der Waals surface area contributed by atoms with Crippen molar-refractivity contribution in [3.8, 4) is 5.75 Å². The Balaban J connectivity index is 0.00000102. The molecule has 0 aromatic carbocycles. The molecule has 178 valence electrons. The molecule has 0 radical (unpaired) electrons. The number of rotatable bonds is 11. The molecule has 0 aliphatic heterocycles. The molecule has 0 unspecified atom stereocenters. The fourth-order valence-electron chi connectivity index (χ4n) is 1.98. The minimum Gasteiger partial charge on any atom is -0.506 e. The Morgan fingerprint density at radius 3 is 2.03 bits per heavy atom. The Bertz CT molecular complexity index is 805. The van der Waals surface area contributed by atoms with Crippen molar-refractivity contribution in [1.82, 2.24) is 9.88 Å². The number of aliphatic hydroxyl groups excluding tert-OH is 1. The normalized spacial score (nSPS) is 10.4. The standard InChI is InChI=1S/C16H24N2O6.C4H4O4/c1-11-16(22)13(9-19)12(8-17-11)10-24-15(21)5-4-14(20)23-7-6-18(2)3;5-3(6)1-2-4(7)8/h8,19,22H,4-7,9-10H2,1-3H3;1-2H,(H,5,6)(H,7,8)/b;2-1+. The highest BCUT2D eigenvalue weighted by Crippen LogP contribution is 2.24. The molecule has 32 heavy (non-hydrogen) atoms. The number of nitrogens with zero attached hydrogens (tertiary/aromatic N) is 2. The number of aryl methyl sites for hydroxylation is 1. The molecule has 0 fully saturated rings. The van der Waals surface area contributed by atoms with Crippen LogP contribution in [0.4, 0.5) is 0 Å². The van der Waals surface area contributed by atoms with Crippen LogP contribution in [0.2, 0.25) is 0 Å². The first kappa shape index (κ1) is 28.5. The zero-order valence-electron chi connectivity index (χ0n) is 18.1. The van der Waals surface area contributed by atoms with E-state index in [1.54, 1.807) is 6.92 Å². The van der Waals surface area contributed by atoms with Gasteiger partial charge in [-0.1, -0.05) is 0 Å². The molecule has 0 saturated heterocycles. The molecular weight excluding hydrogens is 428 g/mol. The minimum atomic E-state index is -1.26. The van der Waals surface area contributed by atoms with Crippen molar-refractivity contribution < 1.29 is 49.1 Å². The number of ether oxygens (including phenoxy) is 2. The van der Waals surface area contributed by atoms with Crippen molar-refractivity contribution in [3.63, 3.8) is 0 Å². The van der Waals surface area contributed by atoms with Crippen LogP contribution in [0.1, 0.15) is 29.7 Å². The van der Waals surface area contributed by atoms with E-state index in [4.69, 9.17) is 19.7 Å². The van der Waals surface area contributed by atoms with Crippen LogP contribution in [-0.2, 0) is 41.9 Å². The molecule has 0 bridgehead atoms. The molecule has 0 spiro atoms. The van der Waals surface area contributed by atoms with Crippen LogP contribution in [-0.4, -0.2) is 81.4 Å². The van der Waals surface area contributed by atoms with Gasteiger partial charge >= 0.3 is 23.9 Å². The number of likely N-dealkylation sites (N-methyl/N-ethyl adjacent to an activating group) is 1. The number of aromatic nitrogens is 1. The molecule has 0 atom stereocenters. The Hall–Kier alpha value is -3.51. The average Bonchev–Trinajstić information content (AvgIpc) is 2.71. The van der Waals surface area contributed by atoms with E-state index in [1.165, 1.54) is 6.20 Å². The van der Waals surface area contributed by atoms with Crippen LogP contribution < -0.4 is 0 Å². The van der Waals surface area contributed by atoms with Crippen LogP contribution in [0.5, 0.6) is 5.75 Å². The van der Waals surface area contributed by atoms with E-state index in [0.717, 1.165) is 0 Å². The third kappa shape index (κ3) is 12.9. The predicted molar refractivity (Wildman–Crippen MR) is 110 cm³/mol. The van der Waals surface area contributed by atoms with Gasteiger partial charge in [0.15, 0.2) is 0 Å². The summed E-state index contributed by atoms with van der Waals surface area (Å²) in [6.45, 7) is 1.97. The summed E-state index contributed by atoms with van der Waals surface area (Å²) in [5.41, 5.74) is 1.08. The van der Waals surface area contributed by atoms with Gasteiger partial charge in [0.25, 0.3) is 0 Å². The van der Waals surface area contributed by atoms with Crippen LogP contribution in [0.15, 0.2) is 18.3 Å². The molecule has 0 aliphatic carbocycles. The van der Waals surface area contributed by atoms with Gasteiger partial charge in [-0.3, -0.25) is 14.6 Å². The Morgan fingerprint density at radius 2 is 1.56 bits per heavy atom. The van der Waals surface area contributed by atoms with Gasteiger partial charge in [0.1, 0.15) is 19.0 Å². The SMILES string of the molecule is Cc1ncc(COC(=O)CCC(=O)OCCN(C)C)c(CO)c1O.O=C(O)/C=C/C(=O)O. The van der Waals surface area contributed by atoms with Gasteiger partial charge in [-0.2, -0.15) is 0 Å². The number of aliphatic carboxylic acids is 2. The van der Waals surface area contributed by atoms with E-state index in [-0.39, 0.29) is 44.0 Å². The second kappa shape index (κ2) is 15.3. The van der Waals surface area contributed by atoms with Crippen molar-refractivity contribution in [2.24, 2.45) is 0 Å². The number of carbonyl (C=O) groups excluding carboxylic acids is 2. The van der Waals surface area contributed by atoms with Gasteiger partial charge < -0.3 is 34.8 Å². The van der Waals surface area contributed by atoms with Gasteiger partial charge in [-0.25, -0.2) is 9.59 Å². The van der Waals surface area contributed by atoms with E-state index >= 15 is 0 Å². The number of aromatic hydroxyl groups is 1. The zero-order chi connectivity index (χ0) is 24.7. The summed E-state index contributed by atoms with van der Waals surface area (Å²) in [4.78, 5) is 48.1. The number of hydrogen-bond acceptors (Lipinski definition) is 10. The maximum atomic E-state index is 11.7. The predicted octanol–water partition coefficient (Wildman–Crippen LogP) is 0.228. The quantitative estimate of drug-likeness (QED) is 0.263. The molecular formula is C20H28N2O10. The Morgan fingerprint density at radius 1 is 1.03 bits per heavy atom. The average molecular weight is 456 g/mol. The van der Waals surface area contributed by atoms with E-state index in [9.17, 15) is 29.4 Å². The Labute approximate surface area is 184 Å². The minimum absolute atomic E-state index is 0.0590. The number of carboxylic acids is 2. The highest BCUT2D eigenvalue weighted by molar-refractivity contribution is 5.89. The molecule has 0 saturated carbocycles. The first-order valence-corrected chi connectivity index (χ1v) is 9.35. The summed E-state index contributed by atoms with van der Waals surface area (Å²) in [5, 5.41) is 34.7. The van der Waals surface area contributed by atoms with Crippen molar-refractivity contribution in [3.05, 3.63) is 35.2 Å². The summed E-state index contributed by atoms with van der Waals surface area (Å²) >= 11 is 0. The summed E-state index contributed by atoms with van der Waals surface area (Å²) in [6.07, 6.45) is 2.39. The fourth-order valence-corrected chi connectivity index (χ4v) is 1.98. The maximum Gasteiger partial charge on any atom is 0.328 e. The number of pyridine rings is 1. The smallest absolute Gasteiger partial charge is 0.328 e. The number of carbonyl (C=O) groups is 4. The lowest BCUT2D eigenvalue weighted by molar-refractivity contribution is -0.151. The maximum absolute atomic E-state index is 11.7. The first-order chi connectivity index (χ1) is 15.0. The largest absolute Gasteiger partial charge is 0.506 e. The van der Waals surface area contributed by atoms with Crippen LogP contribution in [0.25, 0.3) is 0 Å². The summed E-state index contributed by atoms with van der Waals surface area (Å²) in [6, 6.07) is 0. The summed E-state index contributed by atoms with van der Waals surface area (Å²) in [5.74, 6) is -3.65. The van der Waals surface area contributed by atoms with Gasteiger partial charge in [0.2, 0.25) is 0 Å². The van der Waals surface area contributed by atoms with E-state index < -0.39 is 23.9 Å². The molecule has 12 heteroatoms. The zero-order valence-corrected chi connectivity index (χ0v) is 18.1. The molecule has 4 N–H and O–H groups in total. The molecule has 0 aliphatic rings. The molecule has 1 heterocycles. The van der Waals surface area contributed by atoms with Gasteiger partial charge in [-0.05, 0) is 21.0 Å². The molecule has 1 rings (SSSR count). The van der Waals surface area contributed by atoms with Crippen LogP contribution >= 0.6 is 0 Å². The highest BCUT2D eigenvalue weighted by atomic mass is 16.5. The number of esters is 2. The summed E-state index contributed by atoms with van der Waals surface area (Å²) < 4.78 is 10.0. The van der Waals surface area contributed by atoms with E-state index in [2.05, 4.69) is 4.98 Å². The molecule has 1 aromatic heterocycles. The lowest BCUT2D eigenvalue weighted by atomic mass is 10.1. The molecule has 12 nitrogen and oxygen atoms in total. The van der Waals surface area contributed by atoms with E-state index in [1.807, 2.05) is 19.0 Å². The lowest BCUT2D eigenvalue weighted by Gasteiger charge is -2.11. The van der Waals surface area contributed by atoms with Crippen molar-refractivity contribution in [2.45, 2.75) is 33.0 Å². The lowest BCUT2D eigenvalue weighted by Crippen LogP contribution is -2.20. The third-order valence-corrected chi connectivity index (χ3v) is 3.68. The number of hydrogen-bond donors (Lipinski definition) is 4. The summed E-state index contributed by atoms with van der Waals surface area (Å²) in [7, 11) is 3.73. The number of carboxylic acid groups (broad SMARTS) is 2. The van der Waals surface area contributed by atoms with Crippen LogP contribution in [0.3, 0.4) is 0 Å². The van der Waals surface area contributed by atoms with Crippen LogP contribution in [0, 0.1) is 6.92 Å². The first-order valence-electron chi connectivity index (χ1n) is 9.35. The highest BCUT2D eigenvalue weighted by Gasteiger charge is 2.14. The van der Waals surface area contributed by atoms with Gasteiger partial charge in [0.05, 0.1) is 25.1 Å². The number of aliphatic hydroxyl groups is 1. The second-order valence-electron chi connectivity index (χ2n) is 6.55. The van der Waals surface area contributed by atoms with E-state index in [0.29, 0.717) is 30.0 Å². The van der Waals surface area contributed by atoms with Crippen molar-refractivity contribution in [2.75, 3.05) is 27.2 Å². The monoisotopic (exact) mass is 456 g/mol. The molecule has 1 aromatic rings. The van der Waals surface area contributed by atoms with Gasteiger partial charge in [-0.15, -0.1) is 0 Å². The topological polar surface area (TPSA) is 184 Å². The fraction of sp³-hybridized carbons (Fsp3) is 0.450.